The van der Waals surface area contributed by atoms with Crippen LogP contribution in [0.4, 0.5) is 5.69 Å². The van der Waals surface area contributed by atoms with Gasteiger partial charge >= 0.3 is 5.97 Å². The van der Waals surface area contributed by atoms with Crippen molar-refractivity contribution in [3.63, 3.8) is 0 Å². The molecule has 28 heavy (non-hydrogen) atoms. The van der Waals surface area contributed by atoms with Crippen molar-refractivity contribution < 1.29 is 23.8 Å². The summed E-state index contributed by atoms with van der Waals surface area (Å²) in [5.41, 5.74) is 1.70. The van der Waals surface area contributed by atoms with Crippen molar-refractivity contribution in [2.75, 3.05) is 24.7 Å². The minimum absolute atomic E-state index is 0.0140. The predicted molar refractivity (Wildman–Crippen MR) is 101 cm³/mol. The Labute approximate surface area is 163 Å². The number of carbonyl (C=O) groups is 2. The number of amides is 1. The summed E-state index contributed by atoms with van der Waals surface area (Å²) in [6.07, 6.45) is -0.765. The molecule has 2 aromatic rings. The summed E-state index contributed by atoms with van der Waals surface area (Å²) in [6, 6.07) is 16.4. The molecular formula is C21H20N2O5. The van der Waals surface area contributed by atoms with E-state index in [-0.39, 0.29) is 19.6 Å². The summed E-state index contributed by atoms with van der Waals surface area (Å²) in [7, 11) is 0. The average Bonchev–Trinajstić information content (AvgIpc) is 2.73. The smallest absolute Gasteiger partial charge is 0.351 e. The second-order valence-electron chi connectivity index (χ2n) is 6.26. The molecular weight excluding hydrogens is 360 g/mol. The van der Waals surface area contributed by atoms with E-state index in [2.05, 4.69) is 0 Å². The summed E-state index contributed by atoms with van der Waals surface area (Å²) < 4.78 is 16.2. The predicted octanol–water partition coefficient (Wildman–Crippen LogP) is 2.62. The number of aryl methyl sites for hydroxylation is 1. The number of hydrogen-bond acceptors (Lipinski definition) is 6. The number of benzene rings is 2. The van der Waals surface area contributed by atoms with Crippen molar-refractivity contribution >= 4 is 17.6 Å². The first-order valence-electron chi connectivity index (χ1n) is 8.87. The molecule has 0 N–H and O–H groups in total. The molecule has 144 valence electrons. The summed E-state index contributed by atoms with van der Waals surface area (Å²) in [5, 5.41) is 8.85. The van der Waals surface area contributed by atoms with E-state index in [4.69, 9.17) is 19.5 Å². The minimum Gasteiger partial charge on any atom is -0.485 e. The maximum atomic E-state index is 12.6. The number of anilines is 1. The number of esters is 1. The zero-order valence-electron chi connectivity index (χ0n) is 15.5. The third-order valence-corrected chi connectivity index (χ3v) is 4.20. The molecule has 7 heteroatoms. The molecule has 0 saturated heterocycles. The van der Waals surface area contributed by atoms with Gasteiger partial charge in [0.25, 0.3) is 5.91 Å². The number of fused-ring (bicyclic) bond motifs is 1. The molecule has 0 spiro atoms. The molecule has 0 aromatic heterocycles. The summed E-state index contributed by atoms with van der Waals surface area (Å²) in [5.74, 6) is -0.0708. The first-order valence-corrected chi connectivity index (χ1v) is 8.87. The fourth-order valence-electron chi connectivity index (χ4n) is 2.72. The van der Waals surface area contributed by atoms with Gasteiger partial charge in [0.2, 0.25) is 6.10 Å². The number of hydrogen-bond donors (Lipinski definition) is 0. The number of ether oxygens (including phenoxy) is 3. The van der Waals surface area contributed by atoms with Gasteiger partial charge in [0.05, 0.1) is 12.5 Å². The molecule has 0 bridgehead atoms. The lowest BCUT2D eigenvalue weighted by Gasteiger charge is -2.26. The topological polar surface area (TPSA) is 88.9 Å². The maximum absolute atomic E-state index is 12.6. The molecule has 1 unspecified atom stereocenters. The molecule has 0 fully saturated rings. The zero-order chi connectivity index (χ0) is 19.9. The Morgan fingerprint density at radius 2 is 1.89 bits per heavy atom. The van der Waals surface area contributed by atoms with Crippen molar-refractivity contribution in [2.24, 2.45) is 0 Å². The van der Waals surface area contributed by atoms with Crippen LogP contribution in [0.3, 0.4) is 0 Å². The highest BCUT2D eigenvalue weighted by molar-refractivity contribution is 5.95. The Morgan fingerprint density at radius 3 is 2.61 bits per heavy atom. The van der Waals surface area contributed by atoms with E-state index in [9.17, 15) is 9.59 Å². The van der Waals surface area contributed by atoms with E-state index in [0.717, 1.165) is 5.56 Å². The van der Waals surface area contributed by atoms with Crippen LogP contribution in [0.25, 0.3) is 0 Å². The molecule has 7 nitrogen and oxygen atoms in total. The molecule has 1 amide bonds. The number of rotatable bonds is 6. The third-order valence-electron chi connectivity index (χ3n) is 4.20. The summed E-state index contributed by atoms with van der Waals surface area (Å²) in [4.78, 5) is 26.3. The van der Waals surface area contributed by atoms with E-state index in [0.29, 0.717) is 17.2 Å². The lowest BCUT2D eigenvalue weighted by atomic mass is 10.2. The van der Waals surface area contributed by atoms with E-state index < -0.39 is 24.6 Å². The number of nitrogens with zero attached hydrogens (tertiary/aromatic N) is 2. The standard InChI is InChI=1S/C21H20N2O5/c1-15-7-9-16(10-8-15)23(12-4-11-22)20(24)14-27-21(25)19-13-26-17-5-2-3-6-18(17)28-19/h2-3,5-10,19H,4,12-14H2,1H3. The van der Waals surface area contributed by atoms with Crippen molar-refractivity contribution in [3.8, 4) is 17.6 Å². The highest BCUT2D eigenvalue weighted by Crippen LogP contribution is 2.31. The first kappa shape index (κ1) is 19.2. The van der Waals surface area contributed by atoms with E-state index >= 15 is 0 Å². The zero-order valence-corrected chi connectivity index (χ0v) is 15.5. The van der Waals surface area contributed by atoms with E-state index in [1.807, 2.05) is 25.1 Å². The van der Waals surface area contributed by atoms with E-state index in [1.54, 1.807) is 36.4 Å². The Bertz CT molecular complexity index is 888. The highest BCUT2D eigenvalue weighted by atomic mass is 16.6. The summed E-state index contributed by atoms with van der Waals surface area (Å²) >= 11 is 0. The van der Waals surface area contributed by atoms with Crippen LogP contribution in [-0.2, 0) is 14.3 Å². The van der Waals surface area contributed by atoms with Crippen LogP contribution in [0, 0.1) is 18.3 Å². The quantitative estimate of drug-likeness (QED) is 0.716. The van der Waals surface area contributed by atoms with Crippen LogP contribution >= 0.6 is 0 Å². The lowest BCUT2D eigenvalue weighted by Crippen LogP contribution is -2.41. The van der Waals surface area contributed by atoms with Crippen LogP contribution in [-0.4, -0.2) is 37.7 Å². The Balaban J connectivity index is 1.60. The van der Waals surface area contributed by atoms with Gasteiger partial charge in [-0.3, -0.25) is 4.79 Å². The molecule has 1 aliphatic heterocycles. The molecule has 1 aliphatic rings. The van der Waals surface area contributed by atoms with Crippen molar-refractivity contribution in [1.82, 2.24) is 0 Å². The van der Waals surface area contributed by atoms with Crippen molar-refractivity contribution in [2.45, 2.75) is 19.4 Å². The van der Waals surface area contributed by atoms with Crippen LogP contribution in [0.2, 0.25) is 0 Å². The number of carbonyl (C=O) groups excluding carboxylic acids is 2. The fourth-order valence-corrected chi connectivity index (χ4v) is 2.72. The lowest BCUT2D eigenvalue weighted by molar-refractivity contribution is -0.157. The third kappa shape index (κ3) is 4.60. The van der Waals surface area contributed by atoms with Crippen molar-refractivity contribution in [3.05, 3.63) is 54.1 Å². The van der Waals surface area contributed by atoms with E-state index in [1.165, 1.54) is 4.90 Å². The molecule has 2 aromatic carbocycles. The van der Waals surface area contributed by atoms with Gasteiger partial charge in [0.15, 0.2) is 18.1 Å². The van der Waals surface area contributed by atoms with Crippen LogP contribution < -0.4 is 14.4 Å². The SMILES string of the molecule is Cc1ccc(N(CCC#N)C(=O)COC(=O)C2COc3ccccc3O2)cc1. The molecule has 1 atom stereocenters. The number of para-hydroxylation sites is 2. The molecule has 1 heterocycles. The van der Waals surface area contributed by atoms with Gasteiger partial charge in [-0.1, -0.05) is 29.8 Å². The molecule has 3 rings (SSSR count). The highest BCUT2D eigenvalue weighted by Gasteiger charge is 2.29. The summed E-state index contributed by atoms with van der Waals surface area (Å²) in [6.45, 7) is 1.73. The van der Waals surface area contributed by atoms with Gasteiger partial charge < -0.3 is 19.1 Å². The first-order chi connectivity index (χ1) is 13.6. The van der Waals surface area contributed by atoms with Gasteiger partial charge in [-0.25, -0.2) is 4.79 Å². The average molecular weight is 380 g/mol. The van der Waals surface area contributed by atoms with Crippen molar-refractivity contribution in [1.29, 1.82) is 5.26 Å². The van der Waals surface area contributed by atoms with Crippen LogP contribution in [0.1, 0.15) is 12.0 Å². The van der Waals surface area contributed by atoms with Gasteiger partial charge in [-0.15, -0.1) is 0 Å². The molecule has 0 aliphatic carbocycles. The Morgan fingerprint density at radius 1 is 1.18 bits per heavy atom. The van der Waals surface area contributed by atoms with Gasteiger partial charge in [-0.05, 0) is 31.2 Å². The van der Waals surface area contributed by atoms with Crippen LogP contribution in [0.5, 0.6) is 11.5 Å². The second kappa shape index (κ2) is 8.91. The second-order valence-corrected chi connectivity index (χ2v) is 6.26. The van der Waals surface area contributed by atoms with Gasteiger partial charge in [-0.2, -0.15) is 5.26 Å². The molecule has 0 radical (unpaired) electrons. The number of nitriles is 1. The Hall–Kier alpha value is -3.53. The van der Waals surface area contributed by atoms with Crippen LogP contribution in [0.15, 0.2) is 48.5 Å². The largest absolute Gasteiger partial charge is 0.485 e. The maximum Gasteiger partial charge on any atom is 0.351 e. The Kier molecular flexibility index (Phi) is 6.12. The normalized spacial score (nSPS) is 14.6. The molecule has 0 saturated carbocycles. The van der Waals surface area contributed by atoms with Gasteiger partial charge in [0.1, 0.15) is 6.61 Å². The monoisotopic (exact) mass is 380 g/mol. The van der Waals surface area contributed by atoms with Gasteiger partial charge in [0, 0.05) is 12.2 Å². The minimum atomic E-state index is -0.936. The fraction of sp³-hybridized carbons (Fsp3) is 0.286.